The van der Waals surface area contributed by atoms with Crippen molar-refractivity contribution in [3.63, 3.8) is 0 Å². The fraction of sp³-hybridized carbons (Fsp3) is 0.312. The number of pyridine rings is 1. The summed E-state index contributed by atoms with van der Waals surface area (Å²) in [5, 5.41) is 0. The topological polar surface area (TPSA) is 53.5 Å². The van der Waals surface area contributed by atoms with Gasteiger partial charge in [-0.1, -0.05) is 28.1 Å². The number of hydrogen-bond donors (Lipinski definition) is 0. The van der Waals surface area contributed by atoms with Gasteiger partial charge in [-0.2, -0.15) is 4.31 Å². The lowest BCUT2D eigenvalue weighted by molar-refractivity contribution is 0.180. The zero-order valence-electron chi connectivity index (χ0n) is 12.6. The predicted molar refractivity (Wildman–Crippen MR) is 92.4 cm³/mol. The Balaban J connectivity index is 1.64. The van der Waals surface area contributed by atoms with Crippen LogP contribution in [0.25, 0.3) is 0 Å². The Morgan fingerprint density at radius 1 is 1.04 bits per heavy atom. The van der Waals surface area contributed by atoms with Crippen LogP contribution in [0.4, 0.5) is 0 Å². The monoisotopic (exact) mass is 395 g/mol. The molecule has 0 aliphatic carbocycles. The number of rotatable bonds is 4. The second kappa shape index (κ2) is 7.09. The first-order valence-corrected chi connectivity index (χ1v) is 9.67. The van der Waals surface area contributed by atoms with E-state index in [0.717, 1.165) is 16.7 Å². The molecule has 0 unspecified atom stereocenters. The maximum Gasteiger partial charge on any atom is 0.243 e. The van der Waals surface area contributed by atoms with Gasteiger partial charge in [0.1, 0.15) is 0 Å². The van der Waals surface area contributed by atoms with E-state index >= 15 is 0 Å². The summed E-state index contributed by atoms with van der Waals surface area (Å²) >= 11 is 3.33. The molecular weight excluding hydrogens is 378 g/mol. The normalized spacial score (nSPS) is 17.3. The molecule has 0 atom stereocenters. The van der Waals surface area contributed by atoms with Gasteiger partial charge >= 0.3 is 0 Å². The Bertz CT molecular complexity index is 760. The van der Waals surface area contributed by atoms with Crippen LogP contribution in [-0.2, 0) is 16.6 Å². The molecule has 1 aliphatic heterocycles. The molecule has 1 fully saturated rings. The van der Waals surface area contributed by atoms with E-state index in [-0.39, 0.29) is 0 Å². The first kappa shape index (κ1) is 16.6. The molecule has 7 heteroatoms. The van der Waals surface area contributed by atoms with Gasteiger partial charge in [-0.15, -0.1) is 0 Å². The van der Waals surface area contributed by atoms with Gasteiger partial charge in [0.15, 0.2) is 0 Å². The molecule has 3 rings (SSSR count). The van der Waals surface area contributed by atoms with Crippen molar-refractivity contribution in [3.8, 4) is 0 Å². The fourth-order valence-electron chi connectivity index (χ4n) is 2.63. The molecule has 1 saturated heterocycles. The Morgan fingerprint density at radius 3 is 2.48 bits per heavy atom. The van der Waals surface area contributed by atoms with Crippen molar-refractivity contribution in [3.05, 3.63) is 58.8 Å². The van der Waals surface area contributed by atoms with Gasteiger partial charge in [0.2, 0.25) is 10.0 Å². The lowest BCUT2D eigenvalue weighted by atomic mass is 10.3. The molecular formula is C16H18BrN3O2S. The molecule has 1 aliphatic rings. The van der Waals surface area contributed by atoms with Crippen LogP contribution >= 0.6 is 15.9 Å². The minimum absolute atomic E-state index is 0.338. The Kier molecular flexibility index (Phi) is 5.11. The van der Waals surface area contributed by atoms with Crippen molar-refractivity contribution in [2.45, 2.75) is 11.4 Å². The lowest BCUT2D eigenvalue weighted by Gasteiger charge is -2.33. The number of hydrogen-bond acceptors (Lipinski definition) is 4. The Hall–Kier alpha value is -1.28. The average molecular weight is 396 g/mol. The molecule has 23 heavy (non-hydrogen) atoms. The van der Waals surface area contributed by atoms with Crippen LogP contribution in [0.2, 0.25) is 0 Å². The van der Waals surface area contributed by atoms with Gasteiger partial charge in [-0.05, 0) is 30.3 Å². The van der Waals surface area contributed by atoms with Gasteiger partial charge < -0.3 is 0 Å². The summed E-state index contributed by atoms with van der Waals surface area (Å²) in [4.78, 5) is 6.89. The molecule has 122 valence electrons. The SMILES string of the molecule is O=S(=O)(c1cccc(Br)c1)N1CCN(Cc2ccccn2)CC1. The molecule has 2 aromatic rings. The van der Waals surface area contributed by atoms with E-state index in [1.54, 1.807) is 28.7 Å². The van der Waals surface area contributed by atoms with Crippen molar-refractivity contribution in [1.29, 1.82) is 0 Å². The molecule has 0 amide bonds. The van der Waals surface area contributed by atoms with E-state index in [9.17, 15) is 8.42 Å². The molecule has 2 heterocycles. The van der Waals surface area contributed by atoms with Crippen LogP contribution in [0.3, 0.4) is 0 Å². The highest BCUT2D eigenvalue weighted by atomic mass is 79.9. The van der Waals surface area contributed by atoms with Crippen molar-refractivity contribution < 1.29 is 8.42 Å². The van der Waals surface area contributed by atoms with E-state index in [1.165, 1.54) is 0 Å². The van der Waals surface area contributed by atoms with E-state index in [4.69, 9.17) is 0 Å². The van der Waals surface area contributed by atoms with Crippen LogP contribution in [-0.4, -0.2) is 48.8 Å². The number of nitrogens with zero attached hydrogens (tertiary/aromatic N) is 3. The van der Waals surface area contributed by atoms with Crippen LogP contribution in [0.5, 0.6) is 0 Å². The third kappa shape index (κ3) is 3.98. The number of piperazine rings is 1. The van der Waals surface area contributed by atoms with Crippen LogP contribution < -0.4 is 0 Å². The standard InChI is InChI=1S/C16H18BrN3O2S/c17-14-4-3-6-16(12-14)23(21,22)20-10-8-19(9-11-20)13-15-5-1-2-7-18-15/h1-7,12H,8-11,13H2. The largest absolute Gasteiger partial charge is 0.295 e. The van der Waals surface area contributed by atoms with Gasteiger partial charge in [0.25, 0.3) is 0 Å². The zero-order chi connectivity index (χ0) is 16.3. The van der Waals surface area contributed by atoms with E-state index < -0.39 is 10.0 Å². The summed E-state index contributed by atoms with van der Waals surface area (Å²) < 4.78 is 27.7. The highest BCUT2D eigenvalue weighted by Crippen LogP contribution is 2.21. The summed E-state index contributed by atoms with van der Waals surface area (Å²) in [5.74, 6) is 0. The third-order valence-electron chi connectivity index (χ3n) is 3.88. The predicted octanol–water partition coefficient (Wildman–Crippen LogP) is 2.35. The average Bonchev–Trinajstić information content (AvgIpc) is 2.56. The number of benzene rings is 1. The zero-order valence-corrected chi connectivity index (χ0v) is 15.0. The second-order valence-corrected chi connectivity index (χ2v) is 8.31. The fourth-order valence-corrected chi connectivity index (χ4v) is 4.64. The molecule has 0 bridgehead atoms. The summed E-state index contributed by atoms with van der Waals surface area (Å²) in [7, 11) is -3.42. The lowest BCUT2D eigenvalue weighted by Crippen LogP contribution is -2.48. The van der Waals surface area contributed by atoms with E-state index in [0.29, 0.717) is 31.1 Å². The minimum Gasteiger partial charge on any atom is -0.295 e. The van der Waals surface area contributed by atoms with Crippen LogP contribution in [0.1, 0.15) is 5.69 Å². The molecule has 0 radical (unpaired) electrons. The van der Waals surface area contributed by atoms with Gasteiger partial charge in [0.05, 0.1) is 10.6 Å². The van der Waals surface area contributed by atoms with Gasteiger partial charge in [-0.3, -0.25) is 9.88 Å². The van der Waals surface area contributed by atoms with E-state index in [1.807, 2.05) is 24.3 Å². The highest BCUT2D eigenvalue weighted by Gasteiger charge is 2.28. The van der Waals surface area contributed by atoms with Crippen molar-refractivity contribution in [2.24, 2.45) is 0 Å². The van der Waals surface area contributed by atoms with Gasteiger partial charge in [-0.25, -0.2) is 8.42 Å². The van der Waals surface area contributed by atoms with Crippen molar-refractivity contribution in [2.75, 3.05) is 26.2 Å². The molecule has 5 nitrogen and oxygen atoms in total. The third-order valence-corrected chi connectivity index (χ3v) is 6.26. The summed E-state index contributed by atoms with van der Waals surface area (Å²) in [6.45, 7) is 3.18. The summed E-state index contributed by atoms with van der Waals surface area (Å²) in [6.07, 6.45) is 1.78. The van der Waals surface area contributed by atoms with Crippen LogP contribution in [0, 0.1) is 0 Å². The number of halogens is 1. The second-order valence-electron chi connectivity index (χ2n) is 5.46. The molecule has 1 aromatic heterocycles. The van der Waals surface area contributed by atoms with Crippen LogP contribution in [0.15, 0.2) is 58.0 Å². The molecule has 0 N–H and O–H groups in total. The maximum atomic E-state index is 12.7. The van der Waals surface area contributed by atoms with Gasteiger partial charge in [0, 0.05) is 43.4 Å². The maximum absolute atomic E-state index is 12.7. The summed E-state index contributed by atoms with van der Waals surface area (Å²) in [5.41, 5.74) is 1.01. The number of aromatic nitrogens is 1. The van der Waals surface area contributed by atoms with Crippen molar-refractivity contribution in [1.82, 2.24) is 14.2 Å². The number of sulfonamides is 1. The van der Waals surface area contributed by atoms with Crippen molar-refractivity contribution >= 4 is 26.0 Å². The quantitative estimate of drug-likeness (QED) is 0.796. The summed E-state index contributed by atoms with van der Waals surface area (Å²) in [6, 6.07) is 12.7. The first-order chi connectivity index (χ1) is 11.1. The highest BCUT2D eigenvalue weighted by molar-refractivity contribution is 9.10. The molecule has 0 spiro atoms. The smallest absolute Gasteiger partial charge is 0.243 e. The van der Waals surface area contributed by atoms with E-state index in [2.05, 4.69) is 25.8 Å². The first-order valence-electron chi connectivity index (χ1n) is 7.44. The molecule has 1 aromatic carbocycles. The Morgan fingerprint density at radius 2 is 1.83 bits per heavy atom. The molecule has 0 saturated carbocycles. The Labute approximate surface area is 145 Å². The minimum atomic E-state index is -3.42.